The topological polar surface area (TPSA) is 85.2 Å². The Morgan fingerprint density at radius 3 is 2.24 bits per heavy atom. The smallest absolute Gasteiger partial charge is 0.244 e. The molecule has 0 atom stereocenters. The van der Waals surface area contributed by atoms with Gasteiger partial charge in [-0.2, -0.15) is 0 Å². The van der Waals surface area contributed by atoms with E-state index in [-0.39, 0.29) is 22.3 Å². The molecule has 1 heterocycles. The lowest BCUT2D eigenvalue weighted by Gasteiger charge is -2.14. The Balaban J connectivity index is 1.80. The molecule has 34 heavy (non-hydrogen) atoms. The van der Waals surface area contributed by atoms with E-state index < -0.39 is 37.7 Å². The first-order chi connectivity index (χ1) is 16.2. The third-order valence-electron chi connectivity index (χ3n) is 5.38. The van der Waals surface area contributed by atoms with Crippen LogP contribution in [-0.2, 0) is 27.6 Å². The van der Waals surface area contributed by atoms with Gasteiger partial charge in [0.1, 0.15) is 23.1 Å². The van der Waals surface area contributed by atoms with Crippen LogP contribution >= 0.6 is 0 Å². The number of aromatic nitrogens is 1. The molecule has 0 spiro atoms. The third-order valence-corrected chi connectivity index (χ3v) is 7.15. The van der Waals surface area contributed by atoms with Gasteiger partial charge in [-0.05, 0) is 66.6 Å². The number of pyridine rings is 1. The summed E-state index contributed by atoms with van der Waals surface area (Å²) in [5, 5.41) is 2.42. The number of nitrogens with zero attached hydrogens (tertiary/aromatic N) is 1. The maximum atomic E-state index is 14.0. The Morgan fingerprint density at radius 1 is 0.941 bits per heavy atom. The van der Waals surface area contributed by atoms with E-state index in [0.29, 0.717) is 12.1 Å². The number of aryl methyl sites for hydroxylation is 1. The molecule has 9 heteroatoms. The summed E-state index contributed by atoms with van der Waals surface area (Å²) in [4.78, 5) is 25.1. The van der Waals surface area contributed by atoms with Crippen LogP contribution in [0.15, 0.2) is 87.5 Å². The molecule has 0 saturated carbocycles. The van der Waals surface area contributed by atoms with Crippen molar-refractivity contribution in [3.63, 3.8) is 0 Å². The number of rotatable bonds is 6. The van der Waals surface area contributed by atoms with Crippen molar-refractivity contribution in [3.8, 4) is 0 Å². The minimum atomic E-state index is -4.25. The monoisotopic (exact) mass is 482 g/mol. The molecule has 4 aromatic rings. The second-order valence-electron chi connectivity index (χ2n) is 7.67. The number of carbonyl (C=O) groups excluding carboxylic acids is 1. The molecule has 0 saturated heterocycles. The number of halogens is 2. The van der Waals surface area contributed by atoms with E-state index in [9.17, 15) is 26.8 Å². The summed E-state index contributed by atoms with van der Waals surface area (Å²) >= 11 is 0. The molecule has 1 N–H and O–H groups in total. The first-order valence-corrected chi connectivity index (χ1v) is 11.9. The summed E-state index contributed by atoms with van der Waals surface area (Å²) < 4.78 is 55.0. The zero-order chi connectivity index (χ0) is 24.5. The van der Waals surface area contributed by atoms with Gasteiger partial charge in [0.15, 0.2) is 0 Å². The van der Waals surface area contributed by atoms with Gasteiger partial charge < -0.3 is 9.88 Å². The molecular weight excluding hydrogens is 462 g/mol. The Kier molecular flexibility index (Phi) is 6.30. The quantitative estimate of drug-likeness (QED) is 0.444. The number of nitrogens with one attached hydrogen (secondary N) is 1. The van der Waals surface area contributed by atoms with Gasteiger partial charge in [0.05, 0.1) is 10.4 Å². The van der Waals surface area contributed by atoms with E-state index >= 15 is 0 Å². The van der Waals surface area contributed by atoms with Gasteiger partial charge in [-0.25, -0.2) is 17.2 Å². The minimum Gasteiger partial charge on any atom is -0.336 e. The van der Waals surface area contributed by atoms with E-state index in [1.54, 1.807) is 12.1 Å². The van der Waals surface area contributed by atoms with E-state index in [4.69, 9.17) is 0 Å². The van der Waals surface area contributed by atoms with Crippen LogP contribution in [0.3, 0.4) is 0 Å². The Labute approximate surface area is 194 Å². The first kappa shape index (κ1) is 23.3. The van der Waals surface area contributed by atoms with Gasteiger partial charge in [0.25, 0.3) is 0 Å². The van der Waals surface area contributed by atoms with Crippen LogP contribution in [-0.4, -0.2) is 18.9 Å². The summed E-state index contributed by atoms with van der Waals surface area (Å²) in [6, 6.07) is 14.6. The molecule has 1 amide bonds. The molecule has 0 bridgehead atoms. The fourth-order valence-corrected chi connectivity index (χ4v) is 4.95. The summed E-state index contributed by atoms with van der Waals surface area (Å²) in [7, 11) is -4.25. The van der Waals surface area contributed by atoms with Crippen molar-refractivity contribution in [2.75, 3.05) is 5.32 Å². The summed E-state index contributed by atoms with van der Waals surface area (Å²) in [5.41, 5.74) is 0.603. The van der Waals surface area contributed by atoms with Crippen molar-refractivity contribution >= 4 is 32.3 Å². The largest absolute Gasteiger partial charge is 0.336 e. The molecule has 6 nitrogen and oxygen atoms in total. The normalized spacial score (nSPS) is 11.5. The van der Waals surface area contributed by atoms with Crippen LogP contribution in [0.2, 0.25) is 0 Å². The summed E-state index contributed by atoms with van der Waals surface area (Å²) in [5.74, 6) is -1.72. The predicted molar refractivity (Wildman–Crippen MR) is 124 cm³/mol. The second-order valence-corrected chi connectivity index (χ2v) is 9.59. The number of benzene rings is 3. The number of anilines is 1. The minimum absolute atomic E-state index is 0.0835. The van der Waals surface area contributed by atoms with Crippen LogP contribution in [0.4, 0.5) is 14.5 Å². The summed E-state index contributed by atoms with van der Waals surface area (Å²) in [6.07, 6.45) is 1.81. The highest BCUT2D eigenvalue weighted by Crippen LogP contribution is 2.22. The standard InChI is InChI=1S/C25H20F2N2O4S/c1-2-16-3-10-20(11-4-16)34(32,33)23-14-29(22-12-7-18(27)13-21(22)25(23)31)15-24(30)28-19-8-5-17(26)6-9-19/h3-14H,2,15H2,1H3,(H,28,30). The maximum Gasteiger partial charge on any atom is 0.244 e. The fourth-order valence-electron chi connectivity index (χ4n) is 3.58. The van der Waals surface area contributed by atoms with Crippen molar-refractivity contribution in [3.05, 3.63) is 100 Å². The number of amides is 1. The van der Waals surface area contributed by atoms with Gasteiger partial charge in [-0.15, -0.1) is 0 Å². The average Bonchev–Trinajstić information content (AvgIpc) is 2.82. The Hall–Kier alpha value is -3.85. The molecule has 3 aromatic carbocycles. The van der Waals surface area contributed by atoms with Crippen molar-refractivity contribution in [1.29, 1.82) is 0 Å². The molecule has 4 rings (SSSR count). The van der Waals surface area contributed by atoms with Gasteiger partial charge >= 0.3 is 0 Å². The molecule has 0 radical (unpaired) electrons. The maximum absolute atomic E-state index is 14.0. The van der Waals surface area contributed by atoms with E-state index in [1.807, 2.05) is 6.92 Å². The van der Waals surface area contributed by atoms with Gasteiger partial charge in [-0.1, -0.05) is 19.1 Å². The predicted octanol–water partition coefficient (Wildman–Crippen LogP) is 4.31. The van der Waals surface area contributed by atoms with E-state index in [1.165, 1.54) is 47.0 Å². The number of hydrogen-bond acceptors (Lipinski definition) is 4. The fraction of sp³-hybridized carbons (Fsp3) is 0.120. The van der Waals surface area contributed by atoms with Crippen LogP contribution in [0.1, 0.15) is 12.5 Å². The lowest BCUT2D eigenvalue weighted by molar-refractivity contribution is -0.116. The van der Waals surface area contributed by atoms with Crippen molar-refractivity contribution < 1.29 is 22.0 Å². The van der Waals surface area contributed by atoms with Crippen molar-refractivity contribution in [1.82, 2.24) is 4.57 Å². The SMILES string of the molecule is CCc1ccc(S(=O)(=O)c2cn(CC(=O)Nc3ccc(F)cc3)c3ccc(F)cc3c2=O)cc1. The van der Waals surface area contributed by atoms with Crippen LogP contribution < -0.4 is 10.7 Å². The van der Waals surface area contributed by atoms with Gasteiger partial charge in [0.2, 0.25) is 21.2 Å². The zero-order valence-corrected chi connectivity index (χ0v) is 18.9. The van der Waals surface area contributed by atoms with Gasteiger partial charge in [-0.3, -0.25) is 9.59 Å². The number of sulfone groups is 1. The molecule has 0 aliphatic heterocycles. The first-order valence-electron chi connectivity index (χ1n) is 10.4. The molecule has 0 aliphatic rings. The highest BCUT2D eigenvalue weighted by molar-refractivity contribution is 7.91. The summed E-state index contributed by atoms with van der Waals surface area (Å²) in [6.45, 7) is 1.56. The van der Waals surface area contributed by atoms with E-state index in [2.05, 4.69) is 5.32 Å². The van der Waals surface area contributed by atoms with Crippen molar-refractivity contribution in [2.24, 2.45) is 0 Å². The van der Waals surface area contributed by atoms with Crippen molar-refractivity contribution in [2.45, 2.75) is 29.7 Å². The third kappa shape index (κ3) is 4.60. The lowest BCUT2D eigenvalue weighted by Crippen LogP contribution is -2.24. The molecular formula is C25H20F2N2O4S. The average molecular weight is 483 g/mol. The van der Waals surface area contributed by atoms with Crippen LogP contribution in [0.5, 0.6) is 0 Å². The number of carbonyl (C=O) groups is 1. The second kappa shape index (κ2) is 9.18. The Morgan fingerprint density at radius 2 is 1.59 bits per heavy atom. The Bertz CT molecular complexity index is 1550. The van der Waals surface area contributed by atoms with E-state index in [0.717, 1.165) is 23.9 Å². The molecule has 1 aromatic heterocycles. The number of fused-ring (bicyclic) bond motifs is 1. The molecule has 174 valence electrons. The van der Waals surface area contributed by atoms with Gasteiger partial charge in [0, 0.05) is 17.3 Å². The lowest BCUT2D eigenvalue weighted by atomic mass is 10.2. The van der Waals surface area contributed by atoms with Crippen LogP contribution in [0.25, 0.3) is 10.9 Å². The molecule has 0 unspecified atom stereocenters. The molecule has 0 aliphatic carbocycles. The highest BCUT2D eigenvalue weighted by atomic mass is 32.2. The molecule has 0 fully saturated rings. The zero-order valence-electron chi connectivity index (χ0n) is 18.1. The highest BCUT2D eigenvalue weighted by Gasteiger charge is 2.24. The van der Waals surface area contributed by atoms with Crippen LogP contribution in [0, 0.1) is 11.6 Å². The number of hydrogen-bond donors (Lipinski definition) is 1.